The van der Waals surface area contributed by atoms with Crippen molar-refractivity contribution in [3.63, 3.8) is 0 Å². The molecule has 0 atom stereocenters. The molecule has 2 aromatic rings. The number of carbonyl (C=O) groups is 2. The fraction of sp³-hybridized carbons (Fsp3) is 0.483. The summed E-state index contributed by atoms with van der Waals surface area (Å²) >= 11 is 0. The predicted molar refractivity (Wildman–Crippen MR) is 156 cm³/mol. The SMILES string of the molecule is Br.CCOc1cc2c(cc1N(CC)C(=O)O)C(=N)N(CC(=O)c1cc(C(C)(C)C)c(O)c(C(C)(C)C)c1)C2. The highest BCUT2D eigenvalue weighted by atomic mass is 79.9. The maximum atomic E-state index is 13.5. The Balaban J connectivity index is 0.00000507. The smallest absolute Gasteiger partial charge is 0.411 e. The van der Waals surface area contributed by atoms with Crippen LogP contribution < -0.4 is 9.64 Å². The molecule has 0 fully saturated rings. The van der Waals surface area contributed by atoms with Crippen LogP contribution >= 0.6 is 17.0 Å². The number of carbonyl (C=O) groups excluding carboxylic acids is 1. The highest BCUT2D eigenvalue weighted by molar-refractivity contribution is 8.93. The van der Waals surface area contributed by atoms with Crippen LogP contribution in [0.15, 0.2) is 24.3 Å². The molecule has 3 N–H and O–H groups in total. The number of phenols is 1. The molecule has 9 heteroatoms. The van der Waals surface area contributed by atoms with Gasteiger partial charge >= 0.3 is 6.09 Å². The Labute approximate surface area is 235 Å². The number of carboxylic acid groups (broad SMARTS) is 1. The summed E-state index contributed by atoms with van der Waals surface area (Å²) in [5, 5.41) is 29.4. The van der Waals surface area contributed by atoms with Gasteiger partial charge in [0.1, 0.15) is 17.3 Å². The molecule has 208 valence electrons. The summed E-state index contributed by atoms with van der Waals surface area (Å²) in [4.78, 5) is 28.2. The molecule has 0 radical (unpaired) electrons. The minimum absolute atomic E-state index is 0. The number of aromatic hydroxyl groups is 1. The Kier molecular flexibility index (Phi) is 9.31. The number of phenolic OH excluding ortho intramolecular Hbond substituents is 1. The normalized spacial score (nSPS) is 13.2. The quantitative estimate of drug-likeness (QED) is 0.318. The van der Waals surface area contributed by atoms with E-state index in [9.17, 15) is 19.8 Å². The lowest BCUT2D eigenvalue weighted by Crippen LogP contribution is -2.31. The van der Waals surface area contributed by atoms with Crippen molar-refractivity contribution >= 4 is 40.4 Å². The third-order valence-electron chi connectivity index (χ3n) is 6.64. The maximum Gasteiger partial charge on any atom is 0.411 e. The molecule has 1 amide bonds. The second-order valence-electron chi connectivity index (χ2n) is 11.5. The minimum atomic E-state index is -1.10. The Morgan fingerprint density at radius 3 is 2.03 bits per heavy atom. The van der Waals surface area contributed by atoms with Gasteiger partial charge in [-0.1, -0.05) is 41.5 Å². The van der Waals surface area contributed by atoms with Crippen molar-refractivity contribution in [1.82, 2.24) is 4.90 Å². The van der Waals surface area contributed by atoms with Crippen LogP contribution in [0.25, 0.3) is 0 Å². The van der Waals surface area contributed by atoms with E-state index in [1.54, 1.807) is 36.1 Å². The van der Waals surface area contributed by atoms with E-state index >= 15 is 0 Å². The molecule has 0 saturated heterocycles. The topological polar surface area (TPSA) is 114 Å². The number of nitrogens with zero attached hydrogens (tertiary/aromatic N) is 2. The maximum absolute atomic E-state index is 13.5. The standard InChI is InChI=1S/C29H39N3O5.BrH/c1-9-32(27(35)36)22-14-19-18(13-24(22)37-10-2)15-31(26(19)30)16-23(33)17-11-20(28(3,4)5)25(34)21(12-17)29(6,7)8;/h11-14,30,34H,9-10,15-16H2,1-8H3,(H,35,36);1H. The number of amides is 1. The van der Waals surface area contributed by atoms with Crippen molar-refractivity contribution < 1.29 is 24.5 Å². The second-order valence-corrected chi connectivity index (χ2v) is 11.5. The van der Waals surface area contributed by atoms with Gasteiger partial charge in [0.25, 0.3) is 0 Å². The summed E-state index contributed by atoms with van der Waals surface area (Å²) in [5.41, 5.74) is 2.97. The van der Waals surface area contributed by atoms with Crippen molar-refractivity contribution in [3.8, 4) is 11.5 Å². The lowest BCUT2D eigenvalue weighted by molar-refractivity contribution is 0.0962. The number of benzene rings is 2. The monoisotopic (exact) mass is 589 g/mol. The number of Topliss-reactive ketones (excluding diaryl/α,β-unsaturated/α-hetero) is 1. The average Bonchev–Trinajstić information content (AvgIpc) is 3.07. The zero-order valence-corrected chi connectivity index (χ0v) is 25.3. The summed E-state index contributed by atoms with van der Waals surface area (Å²) < 4.78 is 5.73. The van der Waals surface area contributed by atoms with Crippen LogP contribution in [0.1, 0.15) is 88.0 Å². The van der Waals surface area contributed by atoms with Crippen LogP contribution in [-0.2, 0) is 17.4 Å². The van der Waals surface area contributed by atoms with E-state index in [0.717, 1.165) is 5.56 Å². The largest absolute Gasteiger partial charge is 0.507 e. The van der Waals surface area contributed by atoms with E-state index in [1.807, 2.05) is 48.5 Å². The zero-order valence-electron chi connectivity index (χ0n) is 23.6. The molecule has 1 aliphatic heterocycles. The first-order valence-electron chi connectivity index (χ1n) is 12.6. The van der Waals surface area contributed by atoms with E-state index in [2.05, 4.69) is 0 Å². The van der Waals surface area contributed by atoms with E-state index in [-0.39, 0.29) is 58.3 Å². The number of halogens is 1. The summed E-state index contributed by atoms with van der Waals surface area (Å²) in [6.45, 7) is 16.5. The average molecular weight is 591 g/mol. The summed E-state index contributed by atoms with van der Waals surface area (Å²) in [6, 6.07) is 6.96. The van der Waals surface area contributed by atoms with E-state index in [0.29, 0.717) is 46.8 Å². The predicted octanol–water partition coefficient (Wildman–Crippen LogP) is 6.49. The summed E-state index contributed by atoms with van der Waals surface area (Å²) in [7, 11) is 0. The summed E-state index contributed by atoms with van der Waals surface area (Å²) in [6.07, 6.45) is -1.10. The molecule has 0 bridgehead atoms. The number of fused-ring (bicyclic) bond motifs is 1. The number of amidine groups is 1. The van der Waals surface area contributed by atoms with Crippen LogP contribution in [0.5, 0.6) is 11.5 Å². The number of ketones is 1. The third kappa shape index (κ3) is 6.14. The summed E-state index contributed by atoms with van der Waals surface area (Å²) in [5.74, 6) is 0.668. The molecule has 0 aliphatic carbocycles. The fourth-order valence-electron chi connectivity index (χ4n) is 4.65. The lowest BCUT2D eigenvalue weighted by Gasteiger charge is -2.28. The van der Waals surface area contributed by atoms with Gasteiger partial charge in [0.15, 0.2) is 5.78 Å². The molecule has 3 rings (SSSR count). The molecular formula is C29H40BrN3O5. The molecule has 0 saturated carbocycles. The van der Waals surface area contributed by atoms with Gasteiger partial charge in [-0.05, 0) is 54.5 Å². The van der Waals surface area contributed by atoms with Gasteiger partial charge in [-0.25, -0.2) is 4.79 Å². The molecule has 8 nitrogen and oxygen atoms in total. The molecule has 1 aliphatic rings. The van der Waals surface area contributed by atoms with Crippen molar-refractivity contribution in [1.29, 1.82) is 5.41 Å². The first-order chi connectivity index (χ1) is 17.1. The van der Waals surface area contributed by atoms with Crippen LogP contribution in [-0.4, -0.2) is 52.5 Å². The Hall–Kier alpha value is -3.07. The number of nitrogens with one attached hydrogen (secondary N) is 1. The Morgan fingerprint density at radius 2 is 1.58 bits per heavy atom. The number of hydrogen-bond acceptors (Lipinski definition) is 5. The number of hydrogen-bond donors (Lipinski definition) is 3. The van der Waals surface area contributed by atoms with E-state index < -0.39 is 6.09 Å². The van der Waals surface area contributed by atoms with Crippen LogP contribution in [0.3, 0.4) is 0 Å². The van der Waals surface area contributed by atoms with Gasteiger partial charge < -0.3 is 19.8 Å². The number of ether oxygens (including phenoxy) is 1. The van der Waals surface area contributed by atoms with Gasteiger partial charge in [0.05, 0.1) is 18.8 Å². The van der Waals surface area contributed by atoms with Gasteiger partial charge in [0, 0.05) is 35.3 Å². The third-order valence-corrected chi connectivity index (χ3v) is 6.64. The lowest BCUT2D eigenvalue weighted by atomic mass is 9.78. The van der Waals surface area contributed by atoms with Crippen LogP contribution in [0, 0.1) is 5.41 Å². The Morgan fingerprint density at radius 1 is 1.03 bits per heavy atom. The Bertz CT molecular complexity index is 1210. The first kappa shape index (κ1) is 31.1. The minimum Gasteiger partial charge on any atom is -0.507 e. The number of rotatable bonds is 7. The van der Waals surface area contributed by atoms with Crippen molar-refractivity contribution in [2.45, 2.75) is 72.8 Å². The molecular weight excluding hydrogens is 550 g/mol. The van der Waals surface area contributed by atoms with Gasteiger partial charge in [-0.3, -0.25) is 15.1 Å². The first-order valence-corrected chi connectivity index (χ1v) is 12.6. The van der Waals surface area contributed by atoms with Gasteiger partial charge in [0.2, 0.25) is 0 Å². The van der Waals surface area contributed by atoms with Gasteiger partial charge in [-0.15, -0.1) is 17.0 Å². The van der Waals surface area contributed by atoms with Crippen molar-refractivity contribution in [3.05, 3.63) is 52.1 Å². The van der Waals surface area contributed by atoms with E-state index in [4.69, 9.17) is 10.1 Å². The number of anilines is 1. The molecule has 0 unspecified atom stereocenters. The fourth-order valence-corrected chi connectivity index (χ4v) is 4.65. The molecule has 0 aromatic heterocycles. The van der Waals surface area contributed by atoms with Crippen LogP contribution in [0.2, 0.25) is 0 Å². The van der Waals surface area contributed by atoms with Gasteiger partial charge in [-0.2, -0.15) is 0 Å². The molecule has 38 heavy (non-hydrogen) atoms. The zero-order chi connectivity index (χ0) is 27.9. The van der Waals surface area contributed by atoms with Crippen LogP contribution in [0.4, 0.5) is 10.5 Å². The van der Waals surface area contributed by atoms with Crippen molar-refractivity contribution in [2.24, 2.45) is 0 Å². The van der Waals surface area contributed by atoms with Crippen molar-refractivity contribution in [2.75, 3.05) is 24.6 Å². The molecule has 1 heterocycles. The molecule has 2 aromatic carbocycles. The highest BCUT2D eigenvalue weighted by Crippen LogP contribution is 2.40. The van der Waals surface area contributed by atoms with E-state index in [1.165, 1.54) is 4.90 Å². The highest BCUT2D eigenvalue weighted by Gasteiger charge is 2.32. The molecule has 0 spiro atoms. The second kappa shape index (κ2) is 11.4.